The molecule has 0 atom stereocenters. The normalized spacial score (nSPS) is 11.1. The summed E-state index contributed by atoms with van der Waals surface area (Å²) in [5.41, 5.74) is 5.88. The maximum Gasteiger partial charge on any atom is 0.190 e. The summed E-state index contributed by atoms with van der Waals surface area (Å²) < 4.78 is 5.00. The highest BCUT2D eigenvalue weighted by atomic mass is 32.2. The Morgan fingerprint density at radius 3 is 3.12 bits per heavy atom. The van der Waals surface area contributed by atoms with Crippen molar-refractivity contribution >= 4 is 39.1 Å². The molecule has 2 aromatic heterocycles. The van der Waals surface area contributed by atoms with E-state index in [0.717, 1.165) is 40.6 Å². The van der Waals surface area contributed by atoms with Crippen molar-refractivity contribution in [3.8, 4) is 0 Å². The van der Waals surface area contributed by atoms with Crippen molar-refractivity contribution in [3.63, 3.8) is 0 Å². The van der Waals surface area contributed by atoms with Crippen LogP contribution in [0.3, 0.4) is 0 Å². The first-order chi connectivity index (χ1) is 8.31. The van der Waals surface area contributed by atoms with Crippen LogP contribution in [0.4, 0.5) is 5.82 Å². The molecule has 0 saturated heterocycles. The summed E-state index contributed by atoms with van der Waals surface area (Å²) >= 11 is 3.25. The van der Waals surface area contributed by atoms with E-state index in [1.165, 1.54) is 0 Å². The maximum atomic E-state index is 5.88. The summed E-state index contributed by atoms with van der Waals surface area (Å²) in [4.78, 5) is 9.74. The fourth-order valence-electron chi connectivity index (χ4n) is 1.43. The van der Waals surface area contributed by atoms with Gasteiger partial charge in [-0.2, -0.15) is 0 Å². The largest absolute Gasteiger partial charge is 0.385 e. The van der Waals surface area contributed by atoms with Crippen LogP contribution in [0.2, 0.25) is 0 Å². The average Bonchev–Trinajstić information content (AvgIpc) is 2.77. The van der Waals surface area contributed by atoms with E-state index < -0.39 is 0 Å². The Bertz CT molecular complexity index is 487. The number of unbranched alkanes of at least 4 members (excludes halogenated alkanes) is 1. The number of methoxy groups -OCH3 is 1. The summed E-state index contributed by atoms with van der Waals surface area (Å²) in [5, 5.41) is 3.72. The lowest BCUT2D eigenvalue weighted by Crippen LogP contribution is -1.96. The molecule has 0 radical (unpaired) electrons. The predicted octanol–water partition coefficient (Wildman–Crippen LogP) is 2.79. The van der Waals surface area contributed by atoms with Gasteiger partial charge in [0.15, 0.2) is 5.16 Å². The van der Waals surface area contributed by atoms with Crippen LogP contribution < -0.4 is 5.73 Å². The van der Waals surface area contributed by atoms with Gasteiger partial charge in [-0.1, -0.05) is 11.8 Å². The first-order valence-electron chi connectivity index (χ1n) is 5.43. The predicted molar refractivity (Wildman–Crippen MR) is 73.7 cm³/mol. The Labute approximate surface area is 109 Å². The molecule has 0 fully saturated rings. The molecule has 0 aliphatic carbocycles. The second-order valence-corrected chi connectivity index (χ2v) is 5.54. The van der Waals surface area contributed by atoms with Gasteiger partial charge in [-0.15, -0.1) is 11.3 Å². The van der Waals surface area contributed by atoms with Gasteiger partial charge >= 0.3 is 0 Å². The number of nitrogens with zero attached hydrogens (tertiary/aromatic N) is 2. The van der Waals surface area contributed by atoms with Gasteiger partial charge < -0.3 is 10.5 Å². The molecule has 0 spiro atoms. The van der Waals surface area contributed by atoms with Crippen LogP contribution >= 0.6 is 23.1 Å². The molecule has 0 amide bonds. The molecule has 6 heteroatoms. The van der Waals surface area contributed by atoms with Crippen molar-refractivity contribution in [2.24, 2.45) is 0 Å². The SMILES string of the molecule is COCCCCSc1nc(N)c2ccsc2n1. The topological polar surface area (TPSA) is 61.0 Å². The molecule has 0 bridgehead atoms. The molecule has 92 valence electrons. The van der Waals surface area contributed by atoms with Crippen molar-refractivity contribution in [2.75, 3.05) is 25.2 Å². The van der Waals surface area contributed by atoms with Gasteiger partial charge in [0.2, 0.25) is 0 Å². The molecule has 0 unspecified atom stereocenters. The van der Waals surface area contributed by atoms with Crippen LogP contribution in [-0.4, -0.2) is 29.4 Å². The Kier molecular flexibility index (Phi) is 4.58. The lowest BCUT2D eigenvalue weighted by Gasteiger charge is -2.02. The summed E-state index contributed by atoms with van der Waals surface area (Å²) in [5.74, 6) is 1.58. The number of thioether (sulfide) groups is 1. The van der Waals surface area contributed by atoms with Gasteiger partial charge in [0.1, 0.15) is 10.6 Å². The third kappa shape index (κ3) is 3.31. The molecule has 0 saturated carbocycles. The van der Waals surface area contributed by atoms with E-state index in [1.54, 1.807) is 30.2 Å². The van der Waals surface area contributed by atoms with Crippen LogP contribution in [-0.2, 0) is 4.74 Å². The highest BCUT2D eigenvalue weighted by Gasteiger charge is 2.06. The summed E-state index contributed by atoms with van der Waals surface area (Å²) in [6.45, 7) is 0.813. The zero-order valence-corrected chi connectivity index (χ0v) is 11.3. The summed E-state index contributed by atoms with van der Waals surface area (Å²) in [7, 11) is 1.72. The first kappa shape index (κ1) is 12.6. The molecule has 4 nitrogen and oxygen atoms in total. The molecule has 0 aliphatic rings. The molecule has 2 rings (SSSR count). The molecule has 0 aromatic carbocycles. The van der Waals surface area contributed by atoms with Crippen molar-refractivity contribution < 1.29 is 4.74 Å². The van der Waals surface area contributed by atoms with Gasteiger partial charge in [0.05, 0.1) is 5.39 Å². The lowest BCUT2D eigenvalue weighted by atomic mass is 10.4. The van der Waals surface area contributed by atoms with E-state index in [2.05, 4.69) is 9.97 Å². The number of fused-ring (bicyclic) bond motifs is 1. The number of rotatable bonds is 6. The number of aromatic nitrogens is 2. The number of hydrogen-bond acceptors (Lipinski definition) is 6. The number of ether oxygens (including phenoxy) is 1. The van der Waals surface area contributed by atoms with Crippen LogP contribution in [0.5, 0.6) is 0 Å². The third-order valence-corrected chi connectivity index (χ3v) is 4.05. The molecule has 17 heavy (non-hydrogen) atoms. The Morgan fingerprint density at radius 2 is 2.29 bits per heavy atom. The highest BCUT2D eigenvalue weighted by Crippen LogP contribution is 2.26. The van der Waals surface area contributed by atoms with Gasteiger partial charge in [-0.05, 0) is 24.3 Å². The minimum absolute atomic E-state index is 0.579. The number of anilines is 1. The molecular weight excluding hydrogens is 254 g/mol. The molecule has 0 aliphatic heterocycles. The zero-order chi connectivity index (χ0) is 12.1. The Hall–Kier alpha value is -0.850. The van der Waals surface area contributed by atoms with Crippen molar-refractivity contribution in [1.29, 1.82) is 0 Å². The highest BCUT2D eigenvalue weighted by molar-refractivity contribution is 7.99. The van der Waals surface area contributed by atoms with E-state index in [4.69, 9.17) is 10.5 Å². The van der Waals surface area contributed by atoms with Crippen LogP contribution in [0, 0.1) is 0 Å². The second-order valence-electron chi connectivity index (χ2n) is 3.58. The Morgan fingerprint density at radius 1 is 1.41 bits per heavy atom. The van der Waals surface area contributed by atoms with Gasteiger partial charge in [0.25, 0.3) is 0 Å². The lowest BCUT2D eigenvalue weighted by molar-refractivity contribution is 0.194. The average molecular weight is 269 g/mol. The minimum atomic E-state index is 0.579. The monoisotopic (exact) mass is 269 g/mol. The second kappa shape index (κ2) is 6.18. The number of nitrogen functional groups attached to an aromatic ring is 1. The maximum absolute atomic E-state index is 5.88. The first-order valence-corrected chi connectivity index (χ1v) is 7.30. The van der Waals surface area contributed by atoms with Gasteiger partial charge in [-0.25, -0.2) is 9.97 Å². The van der Waals surface area contributed by atoms with E-state index in [9.17, 15) is 0 Å². The fourth-order valence-corrected chi connectivity index (χ4v) is 3.11. The number of thiophene rings is 1. The quantitative estimate of drug-likeness (QED) is 0.496. The van der Waals surface area contributed by atoms with Crippen LogP contribution in [0.15, 0.2) is 16.6 Å². The number of nitrogens with two attached hydrogens (primary N) is 1. The molecule has 2 aromatic rings. The third-order valence-electron chi connectivity index (χ3n) is 2.31. The molecular formula is C11H15N3OS2. The van der Waals surface area contributed by atoms with E-state index in [0.29, 0.717) is 5.82 Å². The smallest absolute Gasteiger partial charge is 0.190 e. The molecule has 2 N–H and O–H groups in total. The van der Waals surface area contributed by atoms with Gasteiger partial charge in [-0.3, -0.25) is 0 Å². The van der Waals surface area contributed by atoms with Crippen molar-refractivity contribution in [1.82, 2.24) is 9.97 Å². The number of hydrogen-bond donors (Lipinski definition) is 1. The zero-order valence-electron chi connectivity index (χ0n) is 9.68. The van der Waals surface area contributed by atoms with Crippen LogP contribution in [0.25, 0.3) is 10.2 Å². The standard InChI is InChI=1S/C11H15N3OS2/c1-15-5-2-3-6-17-11-13-9(12)8-4-7-16-10(8)14-11/h4,7H,2-3,5-6H2,1H3,(H2,12,13,14). The summed E-state index contributed by atoms with van der Waals surface area (Å²) in [6, 6.07) is 1.96. The molecule has 2 heterocycles. The fraction of sp³-hybridized carbons (Fsp3) is 0.455. The van der Waals surface area contributed by atoms with E-state index in [1.807, 2.05) is 11.4 Å². The Balaban J connectivity index is 1.94. The van der Waals surface area contributed by atoms with Crippen LogP contribution in [0.1, 0.15) is 12.8 Å². The van der Waals surface area contributed by atoms with Crippen molar-refractivity contribution in [3.05, 3.63) is 11.4 Å². The summed E-state index contributed by atoms with van der Waals surface area (Å²) in [6.07, 6.45) is 2.17. The van der Waals surface area contributed by atoms with Gasteiger partial charge in [0, 0.05) is 19.5 Å². The van der Waals surface area contributed by atoms with Crippen molar-refractivity contribution in [2.45, 2.75) is 18.0 Å². The van der Waals surface area contributed by atoms with E-state index >= 15 is 0 Å². The van der Waals surface area contributed by atoms with E-state index in [-0.39, 0.29) is 0 Å². The minimum Gasteiger partial charge on any atom is -0.385 e.